The third-order valence-corrected chi connectivity index (χ3v) is 6.47. The normalized spacial score (nSPS) is 15.4. The van der Waals surface area contributed by atoms with Crippen molar-refractivity contribution < 1.29 is 9.59 Å². The van der Waals surface area contributed by atoms with Gasteiger partial charge in [0.1, 0.15) is 4.88 Å². The number of thiazole rings is 1. The third-order valence-electron chi connectivity index (χ3n) is 5.06. The summed E-state index contributed by atoms with van der Waals surface area (Å²) in [6.07, 6.45) is 2.57. The first-order valence-corrected chi connectivity index (χ1v) is 10.9. The van der Waals surface area contributed by atoms with Crippen molar-refractivity contribution >= 4 is 28.8 Å². The number of benzene rings is 1. The Labute approximate surface area is 176 Å². The SMILES string of the molecule is CCc1ccccc1NC(=O)CN1CCN(C(=O)c2cnc(C(C)(C)C)s2)CC1. The van der Waals surface area contributed by atoms with Crippen LogP contribution >= 0.6 is 11.3 Å². The number of para-hydroxylation sites is 1. The van der Waals surface area contributed by atoms with E-state index in [9.17, 15) is 9.59 Å². The number of nitrogens with one attached hydrogen (secondary N) is 1. The van der Waals surface area contributed by atoms with Gasteiger partial charge in [-0.2, -0.15) is 0 Å². The van der Waals surface area contributed by atoms with Gasteiger partial charge in [-0.05, 0) is 18.1 Å². The summed E-state index contributed by atoms with van der Waals surface area (Å²) in [5, 5.41) is 3.99. The standard InChI is InChI=1S/C22H30N4O2S/c1-5-16-8-6-7-9-17(16)24-19(27)15-25-10-12-26(13-11-25)20(28)18-14-23-21(29-18)22(2,3)4/h6-9,14H,5,10-13,15H2,1-4H3,(H,24,27). The minimum absolute atomic E-state index is 0.0112. The van der Waals surface area contributed by atoms with E-state index >= 15 is 0 Å². The van der Waals surface area contributed by atoms with Crippen LogP contribution in [0, 0.1) is 0 Å². The van der Waals surface area contributed by atoms with Crippen molar-refractivity contribution in [2.45, 2.75) is 39.5 Å². The number of carbonyl (C=O) groups is 2. The van der Waals surface area contributed by atoms with E-state index in [-0.39, 0.29) is 17.2 Å². The molecule has 0 aliphatic carbocycles. The molecule has 0 saturated carbocycles. The number of carbonyl (C=O) groups excluding carboxylic acids is 2. The number of aryl methyl sites for hydroxylation is 1. The zero-order chi connectivity index (χ0) is 21.0. The average molecular weight is 415 g/mol. The third kappa shape index (κ3) is 5.42. The van der Waals surface area contributed by atoms with Gasteiger partial charge in [-0.15, -0.1) is 11.3 Å². The van der Waals surface area contributed by atoms with Crippen molar-refractivity contribution in [1.29, 1.82) is 0 Å². The highest BCUT2D eigenvalue weighted by atomic mass is 32.1. The van der Waals surface area contributed by atoms with Gasteiger partial charge in [0.25, 0.3) is 5.91 Å². The Hall–Kier alpha value is -2.25. The second-order valence-electron chi connectivity index (χ2n) is 8.41. The number of hydrogen-bond acceptors (Lipinski definition) is 5. The van der Waals surface area contributed by atoms with E-state index < -0.39 is 0 Å². The van der Waals surface area contributed by atoms with Gasteiger partial charge in [0.15, 0.2) is 0 Å². The van der Waals surface area contributed by atoms with Crippen LogP contribution in [0.4, 0.5) is 5.69 Å². The summed E-state index contributed by atoms with van der Waals surface area (Å²) >= 11 is 1.48. The number of amides is 2. The lowest BCUT2D eigenvalue weighted by atomic mass is 9.98. The molecule has 2 aromatic rings. The number of rotatable bonds is 5. The van der Waals surface area contributed by atoms with Crippen molar-refractivity contribution in [1.82, 2.24) is 14.8 Å². The van der Waals surface area contributed by atoms with E-state index in [4.69, 9.17) is 0 Å². The lowest BCUT2D eigenvalue weighted by Gasteiger charge is -2.34. The van der Waals surface area contributed by atoms with Crippen molar-refractivity contribution in [2.75, 3.05) is 38.0 Å². The van der Waals surface area contributed by atoms with Gasteiger partial charge < -0.3 is 10.2 Å². The zero-order valence-electron chi connectivity index (χ0n) is 17.7. The fourth-order valence-electron chi connectivity index (χ4n) is 3.33. The maximum absolute atomic E-state index is 12.8. The Balaban J connectivity index is 1.50. The van der Waals surface area contributed by atoms with E-state index in [1.807, 2.05) is 29.2 Å². The van der Waals surface area contributed by atoms with Gasteiger partial charge >= 0.3 is 0 Å². The molecule has 0 bridgehead atoms. The molecule has 1 fully saturated rings. The zero-order valence-corrected chi connectivity index (χ0v) is 18.5. The summed E-state index contributed by atoms with van der Waals surface area (Å²) in [6, 6.07) is 7.89. The summed E-state index contributed by atoms with van der Waals surface area (Å²) in [5.74, 6) is 0.0296. The molecule has 1 aliphatic heterocycles. The minimum Gasteiger partial charge on any atom is -0.335 e. The van der Waals surface area contributed by atoms with Gasteiger partial charge in [-0.3, -0.25) is 14.5 Å². The van der Waals surface area contributed by atoms with Gasteiger partial charge in [0.05, 0.1) is 17.7 Å². The molecule has 1 saturated heterocycles. The first-order valence-electron chi connectivity index (χ1n) is 10.1. The van der Waals surface area contributed by atoms with Crippen molar-refractivity contribution in [3.8, 4) is 0 Å². The molecule has 0 atom stereocenters. The Morgan fingerprint density at radius 3 is 2.45 bits per heavy atom. The summed E-state index contributed by atoms with van der Waals surface area (Å²) < 4.78 is 0. The van der Waals surface area contributed by atoms with Crippen molar-refractivity contribution in [2.24, 2.45) is 0 Å². The highest BCUT2D eigenvalue weighted by Crippen LogP contribution is 2.27. The van der Waals surface area contributed by atoms with Crippen LogP contribution in [-0.2, 0) is 16.6 Å². The van der Waals surface area contributed by atoms with Crippen LogP contribution in [0.1, 0.15) is 47.9 Å². The number of aromatic nitrogens is 1. The number of piperazine rings is 1. The first-order chi connectivity index (χ1) is 13.8. The minimum atomic E-state index is -0.0500. The van der Waals surface area contributed by atoms with E-state index in [0.29, 0.717) is 37.6 Å². The molecule has 1 aromatic carbocycles. The second kappa shape index (κ2) is 9.05. The number of nitrogens with zero attached hydrogens (tertiary/aromatic N) is 3. The van der Waals surface area contributed by atoms with E-state index in [1.54, 1.807) is 6.20 Å². The fraction of sp³-hybridized carbons (Fsp3) is 0.500. The fourth-order valence-corrected chi connectivity index (χ4v) is 4.27. The van der Waals surface area contributed by atoms with Gasteiger partial charge in [-0.25, -0.2) is 4.98 Å². The van der Waals surface area contributed by atoms with Crippen LogP contribution in [0.2, 0.25) is 0 Å². The van der Waals surface area contributed by atoms with Gasteiger partial charge in [-0.1, -0.05) is 45.9 Å². The molecule has 6 nitrogen and oxygen atoms in total. The molecule has 7 heteroatoms. The molecule has 2 amide bonds. The van der Waals surface area contributed by atoms with Crippen LogP contribution < -0.4 is 5.32 Å². The quantitative estimate of drug-likeness (QED) is 0.814. The molecule has 0 radical (unpaired) electrons. The molecule has 0 unspecified atom stereocenters. The van der Waals surface area contributed by atoms with Crippen molar-refractivity contribution in [3.05, 3.63) is 45.9 Å². The molecular weight excluding hydrogens is 384 g/mol. The summed E-state index contributed by atoms with van der Waals surface area (Å²) in [5.41, 5.74) is 1.97. The Morgan fingerprint density at radius 2 is 1.83 bits per heavy atom. The van der Waals surface area contributed by atoms with E-state index in [0.717, 1.165) is 22.7 Å². The molecule has 1 aliphatic rings. The molecule has 0 spiro atoms. The molecule has 2 heterocycles. The molecule has 29 heavy (non-hydrogen) atoms. The van der Waals surface area contributed by atoms with Crippen LogP contribution in [0.25, 0.3) is 0 Å². The number of hydrogen-bond donors (Lipinski definition) is 1. The average Bonchev–Trinajstić information content (AvgIpc) is 3.19. The van der Waals surface area contributed by atoms with Crippen molar-refractivity contribution in [3.63, 3.8) is 0 Å². The molecular formula is C22H30N4O2S. The number of anilines is 1. The van der Waals surface area contributed by atoms with Gasteiger partial charge in [0, 0.05) is 37.3 Å². The van der Waals surface area contributed by atoms with Gasteiger partial charge in [0.2, 0.25) is 5.91 Å². The van der Waals surface area contributed by atoms with E-state index in [1.165, 1.54) is 11.3 Å². The largest absolute Gasteiger partial charge is 0.335 e. The highest BCUT2D eigenvalue weighted by Gasteiger charge is 2.26. The van der Waals surface area contributed by atoms with Crippen LogP contribution in [0.3, 0.4) is 0 Å². The molecule has 156 valence electrons. The van der Waals surface area contributed by atoms with Crippen LogP contribution in [-0.4, -0.2) is 59.3 Å². The summed E-state index contributed by atoms with van der Waals surface area (Å²) in [6.45, 7) is 11.4. The predicted molar refractivity (Wildman–Crippen MR) is 118 cm³/mol. The first kappa shape index (κ1) is 21.5. The Morgan fingerprint density at radius 1 is 1.14 bits per heavy atom. The molecule has 3 rings (SSSR count). The lowest BCUT2D eigenvalue weighted by molar-refractivity contribution is -0.117. The lowest BCUT2D eigenvalue weighted by Crippen LogP contribution is -2.50. The monoisotopic (exact) mass is 414 g/mol. The van der Waals surface area contributed by atoms with Crippen LogP contribution in [0.5, 0.6) is 0 Å². The topological polar surface area (TPSA) is 65.5 Å². The van der Waals surface area contributed by atoms with E-state index in [2.05, 4.69) is 42.9 Å². The maximum atomic E-state index is 12.8. The van der Waals surface area contributed by atoms with Crippen LogP contribution in [0.15, 0.2) is 30.5 Å². The highest BCUT2D eigenvalue weighted by molar-refractivity contribution is 7.13. The molecule has 1 N–H and O–H groups in total. The predicted octanol–water partition coefficient (Wildman–Crippen LogP) is 3.40. The second-order valence-corrected chi connectivity index (χ2v) is 9.44. The Kier molecular flexibility index (Phi) is 6.70. The molecule has 1 aromatic heterocycles. The summed E-state index contributed by atoms with van der Waals surface area (Å²) in [4.78, 5) is 34.3. The Bertz CT molecular complexity index is 864. The summed E-state index contributed by atoms with van der Waals surface area (Å²) in [7, 11) is 0. The smallest absolute Gasteiger partial charge is 0.265 e. The maximum Gasteiger partial charge on any atom is 0.265 e.